The average molecular weight is 352 g/mol. The first-order chi connectivity index (χ1) is 11.6. The van der Waals surface area contributed by atoms with Gasteiger partial charge < -0.3 is 9.30 Å². The molecule has 0 N–H and O–H groups in total. The fourth-order valence-electron chi connectivity index (χ4n) is 4.59. The number of rotatable bonds is 3. The van der Waals surface area contributed by atoms with Gasteiger partial charge in [-0.2, -0.15) is 4.98 Å². The lowest BCUT2D eigenvalue weighted by atomic mass is 9.61. The molecule has 3 saturated carbocycles. The maximum Gasteiger partial charge on any atom is 0.311 e. The van der Waals surface area contributed by atoms with E-state index >= 15 is 0 Å². The van der Waals surface area contributed by atoms with E-state index in [1.807, 2.05) is 6.92 Å². The summed E-state index contributed by atoms with van der Waals surface area (Å²) in [4.78, 5) is 20.7. The molecule has 24 heavy (non-hydrogen) atoms. The first-order valence-corrected chi connectivity index (χ1v) is 8.83. The monoisotopic (exact) mass is 351 g/mol. The molecule has 3 fully saturated rings. The summed E-state index contributed by atoms with van der Waals surface area (Å²) in [5, 5.41) is 0.416. The van der Waals surface area contributed by atoms with E-state index in [0.29, 0.717) is 23.6 Å². The van der Waals surface area contributed by atoms with Crippen molar-refractivity contribution in [2.24, 2.45) is 17.8 Å². The van der Waals surface area contributed by atoms with Gasteiger partial charge in [-0.15, -0.1) is 0 Å². The van der Waals surface area contributed by atoms with E-state index in [9.17, 15) is 9.18 Å². The summed E-state index contributed by atoms with van der Waals surface area (Å²) in [6, 6.07) is -0.130. The number of hydrogen-bond donors (Lipinski definition) is 0. The number of nitrogens with zero attached hydrogens (tertiary/aromatic N) is 3. The number of ether oxygens (including phenoxy) is 1. The smallest absolute Gasteiger partial charge is 0.311 e. The van der Waals surface area contributed by atoms with Crippen LogP contribution in [0.25, 0.3) is 11.0 Å². The van der Waals surface area contributed by atoms with Crippen LogP contribution in [0.1, 0.15) is 38.6 Å². The summed E-state index contributed by atoms with van der Waals surface area (Å²) in [6.07, 6.45) is 6.99. The second kappa shape index (κ2) is 5.99. The van der Waals surface area contributed by atoms with Crippen LogP contribution in [0.4, 0.5) is 4.39 Å². The molecule has 128 valence electrons. The van der Waals surface area contributed by atoms with Gasteiger partial charge in [0, 0.05) is 12.4 Å². The topological polar surface area (TPSA) is 57.0 Å². The van der Waals surface area contributed by atoms with Gasteiger partial charge in [0.15, 0.2) is 5.82 Å². The minimum absolute atomic E-state index is 0.0792. The molecular weight excluding hydrogens is 333 g/mol. The zero-order valence-electron chi connectivity index (χ0n) is 13.4. The molecule has 0 aliphatic heterocycles. The van der Waals surface area contributed by atoms with Gasteiger partial charge in [0.05, 0.1) is 24.0 Å². The van der Waals surface area contributed by atoms with Crippen LogP contribution in [0.5, 0.6) is 0 Å². The molecule has 2 bridgehead atoms. The van der Waals surface area contributed by atoms with E-state index in [4.69, 9.17) is 16.3 Å². The number of aromatic nitrogens is 3. The van der Waals surface area contributed by atoms with Crippen molar-refractivity contribution in [3.05, 3.63) is 23.5 Å². The predicted molar refractivity (Wildman–Crippen MR) is 87.1 cm³/mol. The van der Waals surface area contributed by atoms with Crippen molar-refractivity contribution in [1.82, 2.24) is 14.5 Å². The summed E-state index contributed by atoms with van der Waals surface area (Å²) in [5.41, 5.74) is 0.458. The Morgan fingerprint density at radius 2 is 2.08 bits per heavy atom. The molecule has 0 saturated heterocycles. The lowest BCUT2D eigenvalue weighted by Gasteiger charge is -2.47. The van der Waals surface area contributed by atoms with Crippen molar-refractivity contribution in [3.63, 3.8) is 0 Å². The fourth-order valence-corrected chi connectivity index (χ4v) is 4.71. The molecule has 0 amide bonds. The number of halogens is 2. The van der Waals surface area contributed by atoms with E-state index in [1.165, 1.54) is 12.4 Å². The lowest BCUT2D eigenvalue weighted by molar-refractivity contribution is -0.157. The Hall–Kier alpha value is -1.69. The molecule has 2 atom stereocenters. The maximum atomic E-state index is 14.4. The van der Waals surface area contributed by atoms with E-state index in [-0.39, 0.29) is 34.9 Å². The lowest BCUT2D eigenvalue weighted by Crippen LogP contribution is -2.45. The minimum atomic E-state index is -0.384. The highest BCUT2D eigenvalue weighted by Gasteiger charge is 2.49. The Balaban J connectivity index is 1.83. The minimum Gasteiger partial charge on any atom is -0.466 e. The highest BCUT2D eigenvalue weighted by atomic mass is 35.5. The molecule has 0 aromatic carbocycles. The van der Waals surface area contributed by atoms with E-state index in [0.717, 1.165) is 25.7 Å². The van der Waals surface area contributed by atoms with Gasteiger partial charge in [-0.25, -0.2) is 9.37 Å². The number of carbonyl (C=O) groups excluding carboxylic acids is 1. The summed E-state index contributed by atoms with van der Waals surface area (Å²) in [5.74, 6) is -0.198. The zero-order chi connectivity index (χ0) is 16.8. The third-order valence-corrected chi connectivity index (χ3v) is 5.73. The number of hydrogen-bond acceptors (Lipinski definition) is 4. The van der Waals surface area contributed by atoms with Crippen LogP contribution in [0, 0.1) is 23.6 Å². The molecule has 3 aliphatic carbocycles. The van der Waals surface area contributed by atoms with Crippen molar-refractivity contribution >= 4 is 28.6 Å². The SMILES string of the molecule is CCOC(=O)[C@@H]1C2CCC(CC2)[C@H]1n1cc(F)c2cnc(Cl)nc21. The summed E-state index contributed by atoms with van der Waals surface area (Å²) < 4.78 is 21.5. The molecule has 3 aliphatic rings. The van der Waals surface area contributed by atoms with Gasteiger partial charge >= 0.3 is 5.97 Å². The Morgan fingerprint density at radius 3 is 2.79 bits per heavy atom. The van der Waals surface area contributed by atoms with Gasteiger partial charge in [-0.05, 0) is 56.0 Å². The summed E-state index contributed by atoms with van der Waals surface area (Å²) in [7, 11) is 0. The quantitative estimate of drug-likeness (QED) is 0.624. The van der Waals surface area contributed by atoms with Crippen LogP contribution >= 0.6 is 11.6 Å². The molecule has 2 heterocycles. The predicted octanol–water partition coefficient (Wildman–Crippen LogP) is 3.76. The van der Waals surface area contributed by atoms with Gasteiger partial charge in [-0.1, -0.05) is 0 Å². The molecule has 0 unspecified atom stereocenters. The van der Waals surface area contributed by atoms with E-state index in [1.54, 1.807) is 4.57 Å². The van der Waals surface area contributed by atoms with Crippen LogP contribution in [-0.4, -0.2) is 27.1 Å². The summed E-state index contributed by atoms with van der Waals surface area (Å²) >= 11 is 5.92. The van der Waals surface area contributed by atoms with Gasteiger partial charge in [0.1, 0.15) is 5.65 Å². The Kier molecular flexibility index (Phi) is 3.95. The normalized spacial score (nSPS) is 29.1. The average Bonchev–Trinajstić information content (AvgIpc) is 2.91. The van der Waals surface area contributed by atoms with Crippen molar-refractivity contribution in [3.8, 4) is 0 Å². The zero-order valence-corrected chi connectivity index (χ0v) is 14.2. The van der Waals surface area contributed by atoms with Gasteiger partial charge in [0.2, 0.25) is 5.28 Å². The first-order valence-electron chi connectivity index (χ1n) is 8.45. The van der Waals surface area contributed by atoms with Crippen LogP contribution in [0.15, 0.2) is 12.4 Å². The van der Waals surface area contributed by atoms with Crippen LogP contribution in [0.2, 0.25) is 5.28 Å². The van der Waals surface area contributed by atoms with Crippen molar-refractivity contribution in [1.29, 1.82) is 0 Å². The molecule has 0 radical (unpaired) electrons. The third-order valence-electron chi connectivity index (χ3n) is 5.55. The van der Waals surface area contributed by atoms with Gasteiger partial charge in [0.25, 0.3) is 0 Å². The van der Waals surface area contributed by atoms with E-state index < -0.39 is 0 Å². The number of carbonyl (C=O) groups is 1. The Bertz CT molecular complexity index is 785. The van der Waals surface area contributed by atoms with Crippen LogP contribution < -0.4 is 0 Å². The second-order valence-electron chi connectivity index (χ2n) is 6.70. The van der Waals surface area contributed by atoms with Crippen LogP contribution in [-0.2, 0) is 9.53 Å². The largest absolute Gasteiger partial charge is 0.466 e. The molecule has 2 aromatic heterocycles. The molecule has 7 heteroatoms. The standard InChI is InChI=1S/C17H19ClFN3O2/c1-2-24-16(23)13-9-3-5-10(6-4-9)14(13)22-8-12(19)11-7-20-17(18)21-15(11)22/h7-10,13-14H,2-6H2,1H3/t9?,10?,13-,14-/m1/s1. The van der Waals surface area contributed by atoms with E-state index in [2.05, 4.69) is 9.97 Å². The first kappa shape index (κ1) is 15.8. The second-order valence-corrected chi connectivity index (χ2v) is 7.04. The maximum absolute atomic E-state index is 14.4. The van der Waals surface area contributed by atoms with Crippen molar-refractivity contribution in [2.45, 2.75) is 38.6 Å². The fraction of sp³-hybridized carbons (Fsp3) is 0.588. The highest BCUT2D eigenvalue weighted by molar-refractivity contribution is 6.28. The molecule has 0 spiro atoms. The Labute approximate surface area is 144 Å². The Morgan fingerprint density at radius 1 is 1.38 bits per heavy atom. The number of fused-ring (bicyclic) bond motifs is 4. The third kappa shape index (κ3) is 2.39. The molecule has 5 rings (SSSR count). The van der Waals surface area contributed by atoms with Crippen LogP contribution in [0.3, 0.4) is 0 Å². The van der Waals surface area contributed by atoms with Gasteiger partial charge in [-0.3, -0.25) is 4.79 Å². The summed E-state index contributed by atoms with van der Waals surface area (Å²) in [6.45, 7) is 2.17. The molecule has 5 nitrogen and oxygen atoms in total. The van der Waals surface area contributed by atoms with Crippen molar-refractivity contribution in [2.75, 3.05) is 6.61 Å². The number of esters is 1. The molecular formula is C17H19ClFN3O2. The van der Waals surface area contributed by atoms with Crippen molar-refractivity contribution < 1.29 is 13.9 Å². The highest BCUT2D eigenvalue weighted by Crippen LogP contribution is 2.52. The molecule has 2 aromatic rings.